The predicted octanol–water partition coefficient (Wildman–Crippen LogP) is 4.33. The monoisotopic (exact) mass is 508 g/mol. The van der Waals surface area contributed by atoms with E-state index in [0.717, 1.165) is 42.8 Å². The Morgan fingerprint density at radius 2 is 1.92 bits per heavy atom. The fourth-order valence-electron chi connectivity index (χ4n) is 4.79. The Bertz CT molecular complexity index is 1110. The molecule has 2 aliphatic heterocycles. The molecule has 9 heteroatoms. The quantitative estimate of drug-likeness (QED) is 0.540. The van der Waals surface area contributed by atoms with Gasteiger partial charge in [0, 0.05) is 43.0 Å². The van der Waals surface area contributed by atoms with Crippen LogP contribution in [0.2, 0.25) is 0 Å². The maximum atomic E-state index is 13.2. The van der Waals surface area contributed by atoms with Crippen LogP contribution < -0.4 is 15.5 Å². The highest BCUT2D eigenvalue weighted by atomic mass is 16.5. The van der Waals surface area contributed by atoms with Crippen molar-refractivity contribution in [2.45, 2.75) is 59.9 Å². The van der Waals surface area contributed by atoms with E-state index >= 15 is 0 Å². The number of carbonyl (C=O) groups excluding carboxylic acids is 2. The van der Waals surface area contributed by atoms with Crippen LogP contribution in [0, 0.1) is 5.41 Å². The fraction of sp³-hybridized carbons (Fsp3) is 0.571. The van der Waals surface area contributed by atoms with Gasteiger partial charge >= 0.3 is 6.03 Å². The van der Waals surface area contributed by atoms with Crippen LogP contribution in [0.4, 0.5) is 16.3 Å². The Morgan fingerprint density at radius 3 is 2.59 bits per heavy atom. The highest BCUT2D eigenvalue weighted by molar-refractivity contribution is 5.96. The van der Waals surface area contributed by atoms with Crippen LogP contribution in [-0.4, -0.2) is 72.2 Å². The van der Waals surface area contributed by atoms with Gasteiger partial charge in [0.1, 0.15) is 11.5 Å². The molecule has 9 nitrogen and oxygen atoms in total. The molecular weight excluding hydrogens is 468 g/mol. The summed E-state index contributed by atoms with van der Waals surface area (Å²) in [4.78, 5) is 39.3. The first-order valence-electron chi connectivity index (χ1n) is 13.4. The first-order valence-corrected chi connectivity index (χ1v) is 13.4. The van der Waals surface area contributed by atoms with Crippen LogP contribution in [0.3, 0.4) is 0 Å². The minimum Gasteiger partial charge on any atom is -0.377 e. The number of hydrogen-bond donors (Lipinski definition) is 2. The van der Waals surface area contributed by atoms with Crippen LogP contribution in [-0.2, 0) is 11.2 Å². The molecule has 0 spiro atoms. The van der Waals surface area contributed by atoms with Gasteiger partial charge in [-0.05, 0) is 62.8 Å². The van der Waals surface area contributed by atoms with Crippen LogP contribution in [0.25, 0.3) is 11.4 Å². The first kappa shape index (κ1) is 26.9. The second-order valence-electron chi connectivity index (χ2n) is 11.1. The Balaban J connectivity index is 1.53. The van der Waals surface area contributed by atoms with Crippen molar-refractivity contribution in [2.75, 3.05) is 49.6 Å². The largest absolute Gasteiger partial charge is 0.377 e. The van der Waals surface area contributed by atoms with Crippen LogP contribution in [0.5, 0.6) is 0 Å². The van der Waals surface area contributed by atoms with Crippen molar-refractivity contribution in [3.05, 3.63) is 35.5 Å². The van der Waals surface area contributed by atoms with E-state index in [4.69, 9.17) is 14.7 Å². The maximum Gasteiger partial charge on any atom is 0.319 e. The smallest absolute Gasteiger partial charge is 0.319 e. The van der Waals surface area contributed by atoms with Crippen molar-refractivity contribution in [1.82, 2.24) is 20.2 Å². The SMILES string of the molecule is CCN1CCc2c(nc(-c3ccc(NC(=O)NCCCC(C)(C)C)cc3)nc2N2CCOCC2C)C1=O. The molecule has 0 saturated carbocycles. The van der Waals surface area contributed by atoms with Crippen LogP contribution in [0.15, 0.2) is 24.3 Å². The summed E-state index contributed by atoms with van der Waals surface area (Å²) in [5, 5.41) is 5.80. The van der Waals surface area contributed by atoms with Gasteiger partial charge in [-0.15, -0.1) is 0 Å². The summed E-state index contributed by atoms with van der Waals surface area (Å²) in [5.41, 5.74) is 3.15. The normalized spacial score (nSPS) is 18.0. The highest BCUT2D eigenvalue weighted by Gasteiger charge is 2.32. The number of benzene rings is 1. The lowest BCUT2D eigenvalue weighted by molar-refractivity contribution is 0.0741. The highest BCUT2D eigenvalue weighted by Crippen LogP contribution is 2.31. The van der Waals surface area contributed by atoms with Crippen molar-refractivity contribution < 1.29 is 14.3 Å². The summed E-state index contributed by atoms with van der Waals surface area (Å²) >= 11 is 0. The first-order chi connectivity index (χ1) is 17.7. The van der Waals surface area contributed by atoms with Crippen molar-refractivity contribution in [3.8, 4) is 11.4 Å². The number of ether oxygens (including phenoxy) is 1. The van der Waals surface area contributed by atoms with Gasteiger partial charge in [0.05, 0.1) is 19.3 Å². The summed E-state index contributed by atoms with van der Waals surface area (Å²) in [5.74, 6) is 1.30. The lowest BCUT2D eigenvalue weighted by Crippen LogP contribution is -2.46. The van der Waals surface area contributed by atoms with E-state index in [1.165, 1.54) is 0 Å². The number of hydrogen-bond acceptors (Lipinski definition) is 6. The minimum atomic E-state index is -0.222. The van der Waals surface area contributed by atoms with Crippen LogP contribution in [0.1, 0.15) is 63.5 Å². The molecule has 37 heavy (non-hydrogen) atoms. The Kier molecular flexibility index (Phi) is 8.32. The molecule has 200 valence electrons. The molecule has 1 fully saturated rings. The van der Waals surface area contributed by atoms with Crippen LogP contribution >= 0.6 is 0 Å². The summed E-state index contributed by atoms with van der Waals surface area (Å²) in [6, 6.07) is 7.38. The molecule has 0 radical (unpaired) electrons. The molecule has 3 heterocycles. The van der Waals surface area contributed by atoms with Gasteiger partial charge in [-0.2, -0.15) is 0 Å². The van der Waals surface area contributed by atoms with E-state index in [-0.39, 0.29) is 23.4 Å². The average Bonchev–Trinajstić information content (AvgIpc) is 2.87. The Labute approximate surface area is 220 Å². The molecule has 0 bridgehead atoms. The van der Waals surface area contributed by atoms with Gasteiger partial charge in [0.15, 0.2) is 5.82 Å². The lowest BCUT2D eigenvalue weighted by Gasteiger charge is -2.37. The minimum absolute atomic E-state index is 0.0454. The number of anilines is 2. The van der Waals surface area contributed by atoms with Gasteiger partial charge in [-0.1, -0.05) is 20.8 Å². The van der Waals surface area contributed by atoms with Gasteiger partial charge in [-0.3, -0.25) is 4.79 Å². The number of nitrogens with zero attached hydrogens (tertiary/aromatic N) is 4. The van der Waals surface area contributed by atoms with E-state index in [1.54, 1.807) is 0 Å². The number of morpholine rings is 1. The van der Waals surface area contributed by atoms with Crippen molar-refractivity contribution >= 4 is 23.4 Å². The second-order valence-corrected chi connectivity index (χ2v) is 11.1. The molecule has 2 N–H and O–H groups in total. The topological polar surface area (TPSA) is 99.7 Å². The molecule has 3 amide bonds. The van der Waals surface area contributed by atoms with E-state index in [0.29, 0.717) is 50.1 Å². The molecule has 2 aromatic rings. The summed E-state index contributed by atoms with van der Waals surface area (Å²) in [6.45, 7) is 14.6. The number of amides is 3. The average molecular weight is 509 g/mol. The molecule has 1 unspecified atom stereocenters. The Morgan fingerprint density at radius 1 is 1.16 bits per heavy atom. The van der Waals surface area contributed by atoms with Crippen molar-refractivity contribution in [1.29, 1.82) is 0 Å². The Hall–Kier alpha value is -3.20. The van der Waals surface area contributed by atoms with E-state index in [2.05, 4.69) is 43.2 Å². The summed E-state index contributed by atoms with van der Waals surface area (Å²) in [7, 11) is 0. The number of nitrogens with one attached hydrogen (secondary N) is 2. The standard InChI is InChI=1S/C28H40N6O3/c1-6-33-15-12-22-23(26(33)35)31-24(32-25(22)34-16-17-37-18-19(34)2)20-8-10-21(11-9-20)30-27(36)29-14-7-13-28(3,4)5/h8-11,19H,6-7,12-18H2,1-5H3,(H2,29,30,36). The fourth-order valence-corrected chi connectivity index (χ4v) is 4.79. The third kappa shape index (κ3) is 6.57. The number of rotatable bonds is 7. The van der Waals surface area contributed by atoms with Crippen molar-refractivity contribution in [3.63, 3.8) is 0 Å². The van der Waals surface area contributed by atoms with Gasteiger partial charge in [-0.25, -0.2) is 14.8 Å². The third-order valence-electron chi connectivity index (χ3n) is 6.92. The molecule has 1 aromatic carbocycles. The molecule has 1 aromatic heterocycles. The zero-order valence-corrected chi connectivity index (χ0v) is 22.8. The molecule has 2 aliphatic rings. The number of urea groups is 1. The third-order valence-corrected chi connectivity index (χ3v) is 6.92. The zero-order valence-electron chi connectivity index (χ0n) is 22.8. The maximum absolute atomic E-state index is 13.2. The van der Waals surface area contributed by atoms with Crippen molar-refractivity contribution in [2.24, 2.45) is 5.41 Å². The second kappa shape index (κ2) is 11.5. The molecule has 1 atom stereocenters. The predicted molar refractivity (Wildman–Crippen MR) is 146 cm³/mol. The van der Waals surface area contributed by atoms with Gasteiger partial charge in [0.2, 0.25) is 0 Å². The summed E-state index contributed by atoms with van der Waals surface area (Å²) < 4.78 is 5.64. The molecule has 0 aliphatic carbocycles. The van der Waals surface area contributed by atoms with E-state index in [9.17, 15) is 9.59 Å². The van der Waals surface area contributed by atoms with E-state index in [1.807, 2.05) is 36.1 Å². The van der Waals surface area contributed by atoms with Gasteiger partial charge < -0.3 is 25.2 Å². The number of carbonyl (C=O) groups is 2. The molecular formula is C28H40N6O3. The lowest BCUT2D eigenvalue weighted by atomic mass is 9.91. The molecule has 1 saturated heterocycles. The van der Waals surface area contributed by atoms with Gasteiger partial charge in [0.25, 0.3) is 5.91 Å². The zero-order chi connectivity index (χ0) is 26.6. The number of likely N-dealkylation sites (N-methyl/N-ethyl adjacent to an activating group) is 1. The molecule has 4 rings (SSSR count). The number of fused-ring (bicyclic) bond motifs is 1. The van der Waals surface area contributed by atoms with E-state index < -0.39 is 0 Å². The number of aromatic nitrogens is 2. The summed E-state index contributed by atoms with van der Waals surface area (Å²) in [6.07, 6.45) is 2.72.